The average molecular weight is 217 g/mol. The molecule has 0 saturated carbocycles. The second-order valence-corrected chi connectivity index (χ2v) is 2.69. The minimum absolute atomic E-state index is 0. The molecule has 1 aromatic rings. The van der Waals surface area contributed by atoms with Crippen molar-refractivity contribution in [2.24, 2.45) is 0 Å². The second-order valence-electron chi connectivity index (χ2n) is 2.29. The van der Waals surface area contributed by atoms with Crippen molar-refractivity contribution >= 4 is 21.5 Å². The standard InChI is InChI=1S/C10H10Br.Li/c1-2-9(8-11)10-6-4-3-5-7-10;/h3-7H,2H2,1H3;/q-1;+1. The number of benzene rings is 1. The topological polar surface area (TPSA) is 0 Å². The first-order valence-corrected chi connectivity index (χ1v) is 4.45. The zero-order valence-electron chi connectivity index (χ0n) is 7.47. The minimum Gasteiger partial charge on any atom is -0.206 e. The van der Waals surface area contributed by atoms with Gasteiger partial charge in [-0.3, -0.25) is 0 Å². The van der Waals surface area contributed by atoms with E-state index in [4.69, 9.17) is 0 Å². The summed E-state index contributed by atoms with van der Waals surface area (Å²) in [7, 11) is 0. The van der Waals surface area contributed by atoms with Gasteiger partial charge in [-0.25, -0.2) is 5.57 Å². The van der Waals surface area contributed by atoms with E-state index in [0.29, 0.717) is 0 Å². The Balaban J connectivity index is 0.00000121. The molecule has 0 atom stereocenters. The van der Waals surface area contributed by atoms with Crippen LogP contribution < -0.4 is 18.9 Å². The number of halogens is 1. The van der Waals surface area contributed by atoms with Gasteiger partial charge in [-0.2, -0.15) is 26.5 Å². The van der Waals surface area contributed by atoms with E-state index in [1.165, 1.54) is 11.1 Å². The molecule has 0 amide bonds. The van der Waals surface area contributed by atoms with Crippen LogP contribution in [0.3, 0.4) is 0 Å². The number of rotatable bonds is 2. The number of allylic oxidation sites excluding steroid dienone is 1. The molecule has 0 radical (unpaired) electrons. The summed E-state index contributed by atoms with van der Waals surface area (Å²) in [6.45, 7) is 2.12. The third kappa shape index (κ3) is 3.19. The molecule has 0 unspecified atom stereocenters. The largest absolute Gasteiger partial charge is 1.00 e. The molecular weight excluding hydrogens is 207 g/mol. The van der Waals surface area contributed by atoms with Crippen molar-refractivity contribution in [2.75, 3.05) is 0 Å². The average Bonchev–Trinajstić information content (AvgIpc) is 2.09. The van der Waals surface area contributed by atoms with Crippen LogP contribution in [0.5, 0.6) is 0 Å². The molecule has 0 N–H and O–H groups in total. The van der Waals surface area contributed by atoms with Crippen LogP contribution in [0.25, 0.3) is 5.57 Å². The Morgan fingerprint density at radius 2 is 1.92 bits per heavy atom. The molecule has 0 aliphatic carbocycles. The molecule has 0 bridgehead atoms. The molecule has 0 aliphatic heterocycles. The minimum atomic E-state index is 0. The van der Waals surface area contributed by atoms with Crippen LogP contribution in [0.1, 0.15) is 18.9 Å². The van der Waals surface area contributed by atoms with Gasteiger partial charge in [0.25, 0.3) is 0 Å². The Morgan fingerprint density at radius 1 is 1.33 bits per heavy atom. The van der Waals surface area contributed by atoms with Gasteiger partial charge in [-0.05, 0) is 0 Å². The first-order valence-electron chi connectivity index (χ1n) is 3.66. The molecule has 0 aliphatic rings. The summed E-state index contributed by atoms with van der Waals surface area (Å²) in [4.78, 5) is 3.00. The Kier molecular flexibility index (Phi) is 6.56. The maximum atomic E-state index is 3.23. The summed E-state index contributed by atoms with van der Waals surface area (Å²) in [5, 5.41) is 0. The van der Waals surface area contributed by atoms with E-state index in [-0.39, 0.29) is 18.9 Å². The molecule has 0 saturated heterocycles. The van der Waals surface area contributed by atoms with E-state index < -0.39 is 0 Å². The zero-order valence-corrected chi connectivity index (χ0v) is 9.06. The van der Waals surface area contributed by atoms with E-state index >= 15 is 0 Å². The summed E-state index contributed by atoms with van der Waals surface area (Å²) < 4.78 is 0. The maximum Gasteiger partial charge on any atom is 1.00 e. The molecule has 0 heterocycles. The van der Waals surface area contributed by atoms with Crippen molar-refractivity contribution in [3.63, 3.8) is 0 Å². The zero-order chi connectivity index (χ0) is 8.10. The number of hydrogen-bond acceptors (Lipinski definition) is 0. The molecular formula is C10H10BrLi. The van der Waals surface area contributed by atoms with Crippen molar-refractivity contribution in [3.8, 4) is 0 Å². The van der Waals surface area contributed by atoms with Crippen molar-refractivity contribution in [1.29, 1.82) is 0 Å². The van der Waals surface area contributed by atoms with E-state index in [9.17, 15) is 0 Å². The van der Waals surface area contributed by atoms with Crippen LogP contribution in [0.15, 0.2) is 30.3 Å². The Morgan fingerprint density at radius 3 is 2.33 bits per heavy atom. The van der Waals surface area contributed by atoms with Gasteiger partial charge in [0.2, 0.25) is 0 Å². The molecule has 2 heteroatoms. The molecule has 0 nitrogen and oxygen atoms in total. The van der Waals surface area contributed by atoms with Crippen molar-refractivity contribution < 1.29 is 18.9 Å². The molecule has 12 heavy (non-hydrogen) atoms. The summed E-state index contributed by atoms with van der Waals surface area (Å²) in [6.07, 6.45) is 1.01. The Hall–Kier alpha value is 0.0374. The summed E-state index contributed by atoms with van der Waals surface area (Å²) in [6, 6.07) is 10.3. The van der Waals surface area contributed by atoms with Crippen molar-refractivity contribution in [2.45, 2.75) is 13.3 Å². The van der Waals surface area contributed by atoms with Crippen LogP contribution in [0, 0.1) is 4.99 Å². The first kappa shape index (κ1) is 12.0. The van der Waals surface area contributed by atoms with Gasteiger partial charge in [-0.1, -0.05) is 31.5 Å². The second kappa shape index (κ2) is 6.54. The van der Waals surface area contributed by atoms with Crippen molar-refractivity contribution in [3.05, 3.63) is 40.9 Å². The van der Waals surface area contributed by atoms with Gasteiger partial charge in [0.1, 0.15) is 0 Å². The maximum absolute atomic E-state index is 3.23. The Bertz CT molecular complexity index is 241. The predicted octanol–water partition coefficient (Wildman–Crippen LogP) is 0.640. The molecule has 1 rings (SSSR count). The van der Waals surface area contributed by atoms with Crippen LogP contribution in [0.2, 0.25) is 0 Å². The number of hydrogen-bond donors (Lipinski definition) is 0. The van der Waals surface area contributed by atoms with Gasteiger partial charge >= 0.3 is 18.9 Å². The van der Waals surface area contributed by atoms with Gasteiger partial charge in [0.15, 0.2) is 0 Å². The molecule has 0 fully saturated rings. The van der Waals surface area contributed by atoms with Crippen LogP contribution in [-0.2, 0) is 0 Å². The monoisotopic (exact) mass is 216 g/mol. The van der Waals surface area contributed by atoms with Gasteiger partial charge in [-0.15, -0.1) is 12.1 Å². The smallest absolute Gasteiger partial charge is 0.206 e. The third-order valence-corrected chi connectivity index (χ3v) is 2.07. The summed E-state index contributed by atoms with van der Waals surface area (Å²) >= 11 is 3.23. The van der Waals surface area contributed by atoms with Gasteiger partial charge in [0, 0.05) is 0 Å². The molecule has 58 valence electrons. The molecule has 0 spiro atoms. The van der Waals surface area contributed by atoms with E-state index in [2.05, 4.69) is 40.0 Å². The fraction of sp³-hybridized carbons (Fsp3) is 0.200. The third-order valence-electron chi connectivity index (χ3n) is 1.59. The molecule has 1 aromatic carbocycles. The quantitative estimate of drug-likeness (QED) is 0.503. The predicted molar refractivity (Wildman–Crippen MR) is 52.3 cm³/mol. The summed E-state index contributed by atoms with van der Waals surface area (Å²) in [5.74, 6) is 0. The fourth-order valence-electron chi connectivity index (χ4n) is 0.965. The van der Waals surface area contributed by atoms with Gasteiger partial charge in [0.05, 0.1) is 0 Å². The summed E-state index contributed by atoms with van der Waals surface area (Å²) in [5.41, 5.74) is 2.46. The SMILES string of the molecule is CCC(=[C-]Br)c1ccccc1.[Li+]. The first-order chi connectivity index (χ1) is 5.38. The normalized spacial score (nSPS) is 10.7. The van der Waals surface area contributed by atoms with Crippen LogP contribution >= 0.6 is 15.9 Å². The van der Waals surface area contributed by atoms with Crippen LogP contribution in [0.4, 0.5) is 0 Å². The van der Waals surface area contributed by atoms with Crippen molar-refractivity contribution in [1.82, 2.24) is 0 Å². The Labute approximate surface area is 94.4 Å². The van der Waals surface area contributed by atoms with Crippen LogP contribution in [-0.4, -0.2) is 0 Å². The van der Waals surface area contributed by atoms with Gasteiger partial charge < -0.3 is 0 Å². The van der Waals surface area contributed by atoms with E-state index in [1.807, 2.05) is 18.2 Å². The fourth-order valence-corrected chi connectivity index (χ4v) is 1.47. The van der Waals surface area contributed by atoms with E-state index in [0.717, 1.165) is 6.42 Å². The molecule has 0 aromatic heterocycles. The van der Waals surface area contributed by atoms with E-state index in [1.54, 1.807) is 0 Å².